The number of pyridine rings is 1. The van der Waals surface area contributed by atoms with Crippen molar-refractivity contribution in [3.63, 3.8) is 0 Å². The van der Waals surface area contributed by atoms with Crippen LogP contribution in [0.2, 0.25) is 0 Å². The molecule has 1 aliphatic rings. The van der Waals surface area contributed by atoms with Crippen molar-refractivity contribution in [2.45, 2.75) is 32.7 Å². The second-order valence-corrected chi connectivity index (χ2v) is 6.09. The number of nitrogens with one attached hydrogen (secondary N) is 1. The lowest BCUT2D eigenvalue weighted by Gasteiger charge is -2.33. The Balaban J connectivity index is 1.93. The fraction of sp³-hybridized carbons (Fsp3) is 0.500. The standard InChI is InChI=1S/C16H20N4O4/c1-9(2)12-6-11(7-14(21)17-12)16(22)20-4-5-23-8-13(20)15-19-18-10(3)24-15/h6-7,9,13H,4-5,8H2,1-3H3,(H,17,21). The maximum Gasteiger partial charge on any atom is 0.254 e. The number of nitrogens with zero attached hydrogens (tertiary/aromatic N) is 3. The number of amides is 1. The summed E-state index contributed by atoms with van der Waals surface area (Å²) < 4.78 is 10.9. The van der Waals surface area contributed by atoms with Crippen LogP contribution in [0.3, 0.4) is 0 Å². The summed E-state index contributed by atoms with van der Waals surface area (Å²) in [6.45, 7) is 6.71. The van der Waals surface area contributed by atoms with Gasteiger partial charge in [-0.25, -0.2) is 0 Å². The first kappa shape index (κ1) is 16.4. The van der Waals surface area contributed by atoms with Crippen molar-refractivity contribution < 1.29 is 13.9 Å². The summed E-state index contributed by atoms with van der Waals surface area (Å²) in [5, 5.41) is 7.82. The van der Waals surface area contributed by atoms with Crippen LogP contribution in [0.15, 0.2) is 21.3 Å². The highest BCUT2D eigenvalue weighted by Gasteiger charge is 2.33. The van der Waals surface area contributed by atoms with E-state index in [2.05, 4.69) is 15.2 Å². The number of rotatable bonds is 3. The summed E-state index contributed by atoms with van der Waals surface area (Å²) in [4.78, 5) is 29.2. The van der Waals surface area contributed by atoms with Gasteiger partial charge in [0.2, 0.25) is 17.3 Å². The lowest BCUT2D eigenvalue weighted by atomic mass is 10.1. The number of ether oxygens (including phenoxy) is 1. The molecule has 0 aliphatic carbocycles. The highest BCUT2D eigenvalue weighted by atomic mass is 16.5. The van der Waals surface area contributed by atoms with Gasteiger partial charge in [-0.1, -0.05) is 13.8 Å². The number of aromatic amines is 1. The van der Waals surface area contributed by atoms with Gasteiger partial charge in [-0.3, -0.25) is 9.59 Å². The Morgan fingerprint density at radius 2 is 2.17 bits per heavy atom. The summed E-state index contributed by atoms with van der Waals surface area (Å²) in [5.41, 5.74) is 0.790. The van der Waals surface area contributed by atoms with E-state index in [0.29, 0.717) is 30.5 Å². The van der Waals surface area contributed by atoms with Gasteiger partial charge in [0.15, 0.2) is 0 Å². The van der Waals surface area contributed by atoms with Gasteiger partial charge < -0.3 is 19.0 Å². The molecule has 1 unspecified atom stereocenters. The third kappa shape index (κ3) is 3.23. The predicted octanol–water partition coefficient (Wildman–Crippen LogP) is 1.40. The molecule has 0 bridgehead atoms. The second-order valence-electron chi connectivity index (χ2n) is 6.09. The van der Waals surface area contributed by atoms with Gasteiger partial charge in [0.25, 0.3) is 5.91 Å². The van der Waals surface area contributed by atoms with Gasteiger partial charge in [-0.05, 0) is 12.0 Å². The first-order valence-corrected chi connectivity index (χ1v) is 7.88. The Kier molecular flexibility index (Phi) is 4.48. The fourth-order valence-corrected chi connectivity index (χ4v) is 2.66. The number of morpholine rings is 1. The van der Waals surface area contributed by atoms with Gasteiger partial charge in [0.1, 0.15) is 6.04 Å². The van der Waals surface area contributed by atoms with Crippen molar-refractivity contribution >= 4 is 5.91 Å². The lowest BCUT2D eigenvalue weighted by Crippen LogP contribution is -2.43. The van der Waals surface area contributed by atoms with Crippen LogP contribution in [0.5, 0.6) is 0 Å². The van der Waals surface area contributed by atoms with Crippen molar-refractivity contribution in [2.75, 3.05) is 19.8 Å². The van der Waals surface area contributed by atoms with E-state index in [1.807, 2.05) is 13.8 Å². The van der Waals surface area contributed by atoms with Gasteiger partial charge in [-0.15, -0.1) is 10.2 Å². The summed E-state index contributed by atoms with van der Waals surface area (Å²) in [7, 11) is 0. The van der Waals surface area contributed by atoms with Gasteiger partial charge >= 0.3 is 0 Å². The van der Waals surface area contributed by atoms with Crippen molar-refractivity contribution in [2.24, 2.45) is 0 Å². The van der Waals surface area contributed by atoms with E-state index >= 15 is 0 Å². The summed E-state index contributed by atoms with van der Waals surface area (Å²) in [5.74, 6) is 0.646. The molecule has 0 saturated carbocycles. The van der Waals surface area contributed by atoms with Crippen LogP contribution in [0.1, 0.15) is 53.6 Å². The van der Waals surface area contributed by atoms with Crippen LogP contribution in [-0.4, -0.2) is 45.7 Å². The number of aromatic nitrogens is 3. The summed E-state index contributed by atoms with van der Waals surface area (Å²) in [6, 6.07) is 2.59. The number of carbonyl (C=O) groups excluding carboxylic acids is 1. The van der Waals surface area contributed by atoms with Crippen LogP contribution < -0.4 is 5.56 Å². The zero-order valence-corrected chi connectivity index (χ0v) is 13.9. The maximum absolute atomic E-state index is 12.9. The Hall–Kier alpha value is -2.48. The molecule has 1 aliphatic heterocycles. The van der Waals surface area contributed by atoms with Crippen LogP contribution in [-0.2, 0) is 4.74 Å². The number of carbonyl (C=O) groups is 1. The minimum Gasteiger partial charge on any atom is -0.423 e. The largest absolute Gasteiger partial charge is 0.423 e. The highest BCUT2D eigenvalue weighted by Crippen LogP contribution is 2.25. The first-order chi connectivity index (χ1) is 11.5. The zero-order valence-electron chi connectivity index (χ0n) is 13.9. The molecule has 0 spiro atoms. The fourth-order valence-electron chi connectivity index (χ4n) is 2.66. The van der Waals surface area contributed by atoms with Crippen LogP contribution >= 0.6 is 0 Å². The molecule has 1 fully saturated rings. The highest BCUT2D eigenvalue weighted by molar-refractivity contribution is 5.94. The van der Waals surface area contributed by atoms with Crippen LogP contribution in [0.25, 0.3) is 0 Å². The molecule has 3 rings (SSSR count). The number of H-pyrrole nitrogens is 1. The molecule has 24 heavy (non-hydrogen) atoms. The molecule has 0 radical (unpaired) electrons. The minimum atomic E-state index is -0.450. The predicted molar refractivity (Wildman–Crippen MR) is 84.8 cm³/mol. The van der Waals surface area contributed by atoms with E-state index in [4.69, 9.17) is 9.15 Å². The van der Waals surface area contributed by atoms with Crippen molar-refractivity contribution in [3.05, 3.63) is 45.5 Å². The van der Waals surface area contributed by atoms with Crippen molar-refractivity contribution in [3.8, 4) is 0 Å². The van der Waals surface area contributed by atoms with Crippen molar-refractivity contribution in [1.29, 1.82) is 0 Å². The molecule has 1 N–H and O–H groups in total. The van der Waals surface area contributed by atoms with Crippen molar-refractivity contribution in [1.82, 2.24) is 20.1 Å². The molecular formula is C16H20N4O4. The lowest BCUT2D eigenvalue weighted by molar-refractivity contribution is -0.0106. The second kappa shape index (κ2) is 6.56. The SMILES string of the molecule is Cc1nnc(C2COCCN2C(=O)c2cc(C(C)C)[nH]c(=O)c2)o1. The molecule has 1 atom stereocenters. The molecule has 2 aromatic rings. The molecule has 1 saturated heterocycles. The Bertz CT molecular complexity index is 795. The van der Waals surface area contributed by atoms with Gasteiger partial charge in [0, 0.05) is 30.8 Å². The molecule has 8 nitrogen and oxygen atoms in total. The molecular weight excluding hydrogens is 312 g/mol. The van der Waals surface area contributed by atoms with E-state index in [-0.39, 0.29) is 24.0 Å². The molecule has 8 heteroatoms. The average Bonchev–Trinajstić information content (AvgIpc) is 3.00. The van der Waals surface area contributed by atoms with Gasteiger partial charge in [0.05, 0.1) is 13.2 Å². The summed E-state index contributed by atoms with van der Waals surface area (Å²) >= 11 is 0. The van der Waals surface area contributed by atoms with E-state index in [1.165, 1.54) is 6.07 Å². The number of aryl methyl sites for hydroxylation is 1. The van der Waals surface area contributed by atoms with E-state index < -0.39 is 6.04 Å². The normalized spacial score (nSPS) is 18.2. The zero-order chi connectivity index (χ0) is 17.3. The van der Waals surface area contributed by atoms with E-state index in [9.17, 15) is 9.59 Å². The summed E-state index contributed by atoms with van der Waals surface area (Å²) in [6.07, 6.45) is 0. The minimum absolute atomic E-state index is 0.115. The third-order valence-electron chi connectivity index (χ3n) is 3.95. The van der Waals surface area contributed by atoms with E-state index in [1.54, 1.807) is 17.9 Å². The topological polar surface area (TPSA) is 101 Å². The maximum atomic E-state index is 12.9. The molecule has 2 aromatic heterocycles. The number of hydrogen-bond acceptors (Lipinski definition) is 6. The number of hydrogen-bond donors (Lipinski definition) is 1. The Labute approximate surface area is 138 Å². The first-order valence-electron chi connectivity index (χ1n) is 7.88. The monoisotopic (exact) mass is 332 g/mol. The molecule has 3 heterocycles. The Morgan fingerprint density at radius 1 is 1.38 bits per heavy atom. The Morgan fingerprint density at radius 3 is 2.83 bits per heavy atom. The quantitative estimate of drug-likeness (QED) is 0.912. The van der Waals surface area contributed by atoms with E-state index in [0.717, 1.165) is 5.69 Å². The van der Waals surface area contributed by atoms with Crippen LogP contribution in [0, 0.1) is 6.92 Å². The third-order valence-corrected chi connectivity index (χ3v) is 3.95. The molecule has 0 aromatic carbocycles. The average molecular weight is 332 g/mol. The smallest absolute Gasteiger partial charge is 0.254 e. The molecule has 128 valence electrons. The molecule has 1 amide bonds. The van der Waals surface area contributed by atoms with Crippen LogP contribution in [0.4, 0.5) is 0 Å². The van der Waals surface area contributed by atoms with Gasteiger partial charge in [-0.2, -0.15) is 0 Å².